The van der Waals surface area contributed by atoms with Crippen molar-refractivity contribution in [1.82, 2.24) is 9.78 Å². The van der Waals surface area contributed by atoms with Gasteiger partial charge >= 0.3 is 11.9 Å². The van der Waals surface area contributed by atoms with Gasteiger partial charge in [0.1, 0.15) is 11.5 Å². The molecule has 0 saturated carbocycles. The number of aromatic nitrogens is 2. The number of carbonyl (C=O) groups is 2. The van der Waals surface area contributed by atoms with Gasteiger partial charge in [0.05, 0.1) is 30.7 Å². The fraction of sp³-hybridized carbons (Fsp3) is 0.233. The first-order valence-electron chi connectivity index (χ1n) is 12.4. The second kappa shape index (κ2) is 12.1. The molecule has 0 atom stereocenters. The molecule has 8 nitrogen and oxygen atoms in total. The van der Waals surface area contributed by atoms with Gasteiger partial charge in [-0.2, -0.15) is 5.10 Å². The predicted octanol–water partition coefficient (Wildman–Crippen LogP) is 5.58. The molecule has 4 aromatic rings. The number of hydrogen-bond acceptors (Lipinski definition) is 5. The average Bonchev–Trinajstić information content (AvgIpc) is 3.29. The van der Waals surface area contributed by atoms with Crippen LogP contribution in [0.5, 0.6) is 11.5 Å². The summed E-state index contributed by atoms with van der Waals surface area (Å²) in [5.74, 6) is -0.927. The van der Waals surface area contributed by atoms with E-state index in [1.54, 1.807) is 13.2 Å². The normalized spacial score (nSPS) is 10.8. The summed E-state index contributed by atoms with van der Waals surface area (Å²) in [6.45, 7) is 2.70. The van der Waals surface area contributed by atoms with Crippen LogP contribution in [0.25, 0.3) is 22.5 Å². The lowest BCUT2D eigenvalue weighted by atomic mass is 9.96. The van der Waals surface area contributed by atoms with Crippen molar-refractivity contribution in [3.8, 4) is 34.0 Å². The molecule has 3 aromatic carbocycles. The third-order valence-electron chi connectivity index (χ3n) is 6.22. The molecule has 2 N–H and O–H groups in total. The summed E-state index contributed by atoms with van der Waals surface area (Å²) in [6.07, 6.45) is 0.855. The summed E-state index contributed by atoms with van der Waals surface area (Å²) >= 11 is 0. The van der Waals surface area contributed by atoms with Crippen LogP contribution in [-0.2, 0) is 24.2 Å². The number of methoxy groups -OCH3 is 1. The molecule has 0 aliphatic carbocycles. The molecule has 4 rings (SSSR count). The Kier molecular flexibility index (Phi) is 8.43. The van der Waals surface area contributed by atoms with Gasteiger partial charge in [-0.1, -0.05) is 42.5 Å². The van der Waals surface area contributed by atoms with Crippen LogP contribution in [0.1, 0.15) is 34.8 Å². The van der Waals surface area contributed by atoms with Crippen molar-refractivity contribution >= 4 is 11.9 Å². The number of nitrogens with zero attached hydrogens (tertiary/aromatic N) is 2. The maximum Gasteiger partial charge on any atom is 0.335 e. The van der Waals surface area contributed by atoms with Crippen molar-refractivity contribution in [3.05, 3.63) is 89.5 Å². The Hall–Kier alpha value is -4.59. The Morgan fingerprint density at radius 2 is 1.74 bits per heavy atom. The Labute approximate surface area is 221 Å². The maximum absolute atomic E-state index is 11.6. The average molecular weight is 515 g/mol. The summed E-state index contributed by atoms with van der Waals surface area (Å²) in [5.41, 5.74) is 4.81. The number of hydrogen-bond donors (Lipinski definition) is 2. The van der Waals surface area contributed by atoms with Crippen molar-refractivity contribution in [2.45, 2.75) is 32.7 Å². The number of rotatable bonds is 12. The van der Waals surface area contributed by atoms with E-state index in [0.29, 0.717) is 42.3 Å². The fourth-order valence-electron chi connectivity index (χ4n) is 4.45. The SMILES string of the molecule is CCOc1cc(C(=O)O)ccc1-c1nn(CCc2ccccc2)c(-c2cccc(OC)c2)c1CCC(=O)O. The standard InChI is InChI=1S/C30H30N2O6/c1-3-38-26-19-22(30(35)36)12-13-24(26)28-25(14-15-27(33)34)29(21-10-7-11-23(18-21)37-2)32(31-28)17-16-20-8-5-4-6-9-20/h4-13,18-19H,3,14-17H2,1-2H3,(H,33,34)(H,35,36). The molecule has 0 saturated heterocycles. The highest BCUT2D eigenvalue weighted by molar-refractivity contribution is 5.90. The van der Waals surface area contributed by atoms with E-state index in [9.17, 15) is 19.8 Å². The lowest BCUT2D eigenvalue weighted by molar-refractivity contribution is -0.136. The van der Waals surface area contributed by atoms with Crippen LogP contribution in [0.3, 0.4) is 0 Å². The first kappa shape index (κ1) is 26.5. The van der Waals surface area contributed by atoms with Crippen molar-refractivity contribution in [2.24, 2.45) is 0 Å². The minimum Gasteiger partial charge on any atom is -0.497 e. The molecule has 1 heterocycles. The summed E-state index contributed by atoms with van der Waals surface area (Å²) in [7, 11) is 1.60. The highest BCUT2D eigenvalue weighted by Gasteiger charge is 2.24. The van der Waals surface area contributed by atoms with Crippen molar-refractivity contribution in [3.63, 3.8) is 0 Å². The van der Waals surface area contributed by atoms with Crippen LogP contribution in [0.2, 0.25) is 0 Å². The molecular weight excluding hydrogens is 484 g/mol. The molecule has 0 unspecified atom stereocenters. The molecule has 8 heteroatoms. The van der Waals surface area contributed by atoms with Gasteiger partial charge in [0.2, 0.25) is 0 Å². The highest BCUT2D eigenvalue weighted by atomic mass is 16.5. The third-order valence-corrected chi connectivity index (χ3v) is 6.22. The highest BCUT2D eigenvalue weighted by Crippen LogP contribution is 2.39. The van der Waals surface area contributed by atoms with Gasteiger partial charge in [0, 0.05) is 29.7 Å². The van der Waals surface area contributed by atoms with Crippen LogP contribution in [0.15, 0.2) is 72.8 Å². The smallest absolute Gasteiger partial charge is 0.335 e. The Morgan fingerprint density at radius 3 is 2.42 bits per heavy atom. The minimum absolute atomic E-state index is 0.0917. The zero-order valence-electron chi connectivity index (χ0n) is 21.4. The second-order valence-corrected chi connectivity index (χ2v) is 8.71. The lowest BCUT2D eigenvalue weighted by Gasteiger charge is -2.12. The number of aryl methyl sites for hydroxylation is 2. The Bertz CT molecular complexity index is 1430. The number of benzene rings is 3. The number of aromatic carboxylic acids is 1. The van der Waals surface area contributed by atoms with Gasteiger partial charge in [-0.25, -0.2) is 4.79 Å². The molecular formula is C30H30N2O6. The van der Waals surface area contributed by atoms with Gasteiger partial charge in [-0.15, -0.1) is 0 Å². The minimum atomic E-state index is -1.06. The van der Waals surface area contributed by atoms with Gasteiger partial charge < -0.3 is 19.7 Å². The summed E-state index contributed by atoms with van der Waals surface area (Å²) in [5, 5.41) is 24.0. The molecule has 0 amide bonds. The zero-order valence-corrected chi connectivity index (χ0v) is 21.4. The van der Waals surface area contributed by atoms with Crippen molar-refractivity contribution in [2.75, 3.05) is 13.7 Å². The van der Waals surface area contributed by atoms with Crippen LogP contribution >= 0.6 is 0 Å². The van der Waals surface area contributed by atoms with E-state index in [1.807, 2.05) is 54.1 Å². The molecule has 0 spiro atoms. The largest absolute Gasteiger partial charge is 0.497 e. The van der Waals surface area contributed by atoms with Crippen LogP contribution < -0.4 is 9.47 Å². The van der Waals surface area contributed by atoms with Gasteiger partial charge in [0.25, 0.3) is 0 Å². The summed E-state index contributed by atoms with van der Waals surface area (Å²) in [4.78, 5) is 23.3. The first-order chi connectivity index (χ1) is 18.4. The topological polar surface area (TPSA) is 111 Å². The van der Waals surface area contributed by atoms with E-state index in [1.165, 1.54) is 12.1 Å². The van der Waals surface area contributed by atoms with E-state index in [0.717, 1.165) is 22.4 Å². The summed E-state index contributed by atoms with van der Waals surface area (Å²) in [6, 6.07) is 22.3. The Morgan fingerprint density at radius 1 is 0.947 bits per heavy atom. The fourth-order valence-corrected chi connectivity index (χ4v) is 4.45. The monoisotopic (exact) mass is 514 g/mol. The number of carboxylic acid groups (broad SMARTS) is 2. The number of ether oxygens (including phenoxy) is 2. The molecule has 0 radical (unpaired) electrons. The van der Waals surface area contributed by atoms with E-state index in [-0.39, 0.29) is 18.4 Å². The van der Waals surface area contributed by atoms with Gasteiger partial charge in [-0.05, 0) is 55.7 Å². The van der Waals surface area contributed by atoms with E-state index >= 15 is 0 Å². The van der Waals surface area contributed by atoms with Gasteiger partial charge in [-0.3, -0.25) is 9.48 Å². The van der Waals surface area contributed by atoms with Crippen LogP contribution in [0, 0.1) is 0 Å². The van der Waals surface area contributed by atoms with Gasteiger partial charge in [0.15, 0.2) is 0 Å². The molecule has 0 bridgehead atoms. The third kappa shape index (κ3) is 6.03. The zero-order chi connectivity index (χ0) is 27.1. The number of carboxylic acids is 2. The van der Waals surface area contributed by atoms with E-state index < -0.39 is 11.9 Å². The van der Waals surface area contributed by atoms with Crippen LogP contribution in [-0.4, -0.2) is 45.6 Å². The lowest BCUT2D eigenvalue weighted by Crippen LogP contribution is -2.06. The molecule has 0 aliphatic rings. The molecule has 0 fully saturated rings. The van der Waals surface area contributed by atoms with Crippen LogP contribution in [0.4, 0.5) is 0 Å². The van der Waals surface area contributed by atoms with Crippen molar-refractivity contribution in [1.29, 1.82) is 0 Å². The Balaban J connectivity index is 1.93. The first-order valence-corrected chi connectivity index (χ1v) is 12.4. The second-order valence-electron chi connectivity index (χ2n) is 8.71. The number of aliphatic carboxylic acids is 1. The van der Waals surface area contributed by atoms with E-state index in [4.69, 9.17) is 14.6 Å². The molecule has 38 heavy (non-hydrogen) atoms. The maximum atomic E-state index is 11.6. The quantitative estimate of drug-likeness (QED) is 0.254. The van der Waals surface area contributed by atoms with Crippen molar-refractivity contribution < 1.29 is 29.3 Å². The predicted molar refractivity (Wildman–Crippen MR) is 144 cm³/mol. The summed E-state index contributed by atoms with van der Waals surface area (Å²) < 4.78 is 13.2. The molecule has 196 valence electrons. The molecule has 1 aromatic heterocycles. The molecule has 0 aliphatic heterocycles. The van der Waals surface area contributed by atoms with E-state index in [2.05, 4.69) is 12.1 Å².